The lowest BCUT2D eigenvalue weighted by molar-refractivity contribution is -0.137. The van der Waals surface area contributed by atoms with Gasteiger partial charge in [0.2, 0.25) is 5.95 Å². The largest absolute Gasteiger partial charge is 0.421 e. The van der Waals surface area contributed by atoms with Crippen molar-refractivity contribution in [3.63, 3.8) is 0 Å². The van der Waals surface area contributed by atoms with E-state index in [9.17, 15) is 13.2 Å². The molecule has 1 aromatic heterocycles. The van der Waals surface area contributed by atoms with E-state index >= 15 is 0 Å². The summed E-state index contributed by atoms with van der Waals surface area (Å²) in [5, 5.41) is 14.6. The third kappa shape index (κ3) is 4.33. The molecule has 0 bridgehead atoms. The number of nitrogens with zero attached hydrogens (tertiary/aromatic N) is 3. The number of rotatable bonds is 4. The Morgan fingerprint density at radius 1 is 1.00 bits per heavy atom. The van der Waals surface area contributed by atoms with E-state index in [-0.39, 0.29) is 17.2 Å². The van der Waals surface area contributed by atoms with Gasteiger partial charge in [0.1, 0.15) is 17.5 Å². The molecule has 3 rings (SSSR count). The van der Waals surface area contributed by atoms with Crippen LogP contribution < -0.4 is 10.6 Å². The molecular formula is C19H14F3N5. The summed E-state index contributed by atoms with van der Waals surface area (Å²) in [7, 11) is 0. The number of aromatic nitrogens is 2. The first-order valence-corrected chi connectivity index (χ1v) is 7.91. The predicted octanol–water partition coefficient (Wildman–Crippen LogP) is 5.16. The van der Waals surface area contributed by atoms with Crippen molar-refractivity contribution in [1.29, 1.82) is 5.26 Å². The molecule has 0 amide bonds. The molecule has 136 valence electrons. The SMILES string of the molecule is Cc1ccc(Nc2ncc(C(F)(F)F)c(Nc3ccccc3C#N)n2)cc1. The van der Waals surface area contributed by atoms with Gasteiger partial charge >= 0.3 is 6.18 Å². The van der Waals surface area contributed by atoms with Crippen LogP contribution in [-0.2, 0) is 6.18 Å². The molecule has 3 aromatic rings. The van der Waals surface area contributed by atoms with E-state index in [0.717, 1.165) is 5.56 Å². The lowest BCUT2D eigenvalue weighted by atomic mass is 10.2. The first-order chi connectivity index (χ1) is 12.9. The Hall–Kier alpha value is -3.60. The highest BCUT2D eigenvalue weighted by atomic mass is 19.4. The van der Waals surface area contributed by atoms with E-state index in [1.54, 1.807) is 24.3 Å². The summed E-state index contributed by atoms with van der Waals surface area (Å²) in [6.45, 7) is 1.92. The maximum Gasteiger partial charge on any atom is 0.421 e. The minimum atomic E-state index is -4.65. The number of aryl methyl sites for hydroxylation is 1. The molecule has 0 atom stereocenters. The smallest absolute Gasteiger partial charge is 0.338 e. The highest BCUT2D eigenvalue weighted by molar-refractivity contribution is 5.67. The fraction of sp³-hybridized carbons (Fsp3) is 0.105. The number of nitrogens with one attached hydrogen (secondary N) is 2. The number of hydrogen-bond donors (Lipinski definition) is 2. The third-order valence-corrected chi connectivity index (χ3v) is 3.70. The number of halogens is 3. The summed E-state index contributed by atoms with van der Waals surface area (Å²) in [6, 6.07) is 15.4. The van der Waals surface area contributed by atoms with Crippen LogP contribution in [0.5, 0.6) is 0 Å². The van der Waals surface area contributed by atoms with Crippen LogP contribution in [0.2, 0.25) is 0 Å². The first kappa shape index (κ1) is 18.2. The van der Waals surface area contributed by atoms with Crippen molar-refractivity contribution >= 4 is 23.1 Å². The molecule has 2 aromatic carbocycles. The molecule has 0 spiro atoms. The van der Waals surface area contributed by atoms with Gasteiger partial charge in [-0.3, -0.25) is 0 Å². The second kappa shape index (κ2) is 7.33. The Bertz CT molecular complexity index is 991. The summed E-state index contributed by atoms with van der Waals surface area (Å²) in [4.78, 5) is 7.73. The number of anilines is 4. The molecule has 2 N–H and O–H groups in total. The van der Waals surface area contributed by atoms with E-state index in [1.165, 1.54) is 12.1 Å². The molecule has 0 aliphatic carbocycles. The van der Waals surface area contributed by atoms with Crippen LogP contribution in [0.15, 0.2) is 54.7 Å². The van der Waals surface area contributed by atoms with Crippen LogP contribution in [-0.4, -0.2) is 9.97 Å². The monoisotopic (exact) mass is 369 g/mol. The molecule has 0 aliphatic rings. The minimum absolute atomic E-state index is 0.00351. The molecule has 1 heterocycles. The van der Waals surface area contributed by atoms with Gasteiger partial charge in [-0.2, -0.15) is 23.4 Å². The standard InChI is InChI=1S/C19H14F3N5/c1-12-6-8-14(9-7-12)25-18-24-11-15(19(20,21)22)17(27-18)26-16-5-3-2-4-13(16)10-23/h2-9,11H,1H3,(H2,24,25,26,27). The van der Waals surface area contributed by atoms with Gasteiger partial charge in [0.05, 0.1) is 11.3 Å². The second-order valence-corrected chi connectivity index (χ2v) is 5.73. The van der Waals surface area contributed by atoms with Crippen molar-refractivity contribution < 1.29 is 13.2 Å². The lowest BCUT2D eigenvalue weighted by Gasteiger charge is -2.15. The summed E-state index contributed by atoms with van der Waals surface area (Å²) in [5.74, 6) is -0.432. The highest BCUT2D eigenvalue weighted by Crippen LogP contribution is 2.35. The van der Waals surface area contributed by atoms with Gasteiger partial charge in [-0.25, -0.2) is 4.98 Å². The average molecular weight is 369 g/mol. The quantitative estimate of drug-likeness (QED) is 0.664. The molecule has 8 heteroatoms. The van der Waals surface area contributed by atoms with Crippen molar-refractivity contribution in [2.24, 2.45) is 0 Å². The van der Waals surface area contributed by atoms with Crippen molar-refractivity contribution in [3.05, 3.63) is 71.4 Å². The van der Waals surface area contributed by atoms with Crippen LogP contribution in [0.25, 0.3) is 0 Å². The van der Waals surface area contributed by atoms with E-state index in [2.05, 4.69) is 20.6 Å². The van der Waals surface area contributed by atoms with E-state index in [1.807, 2.05) is 25.1 Å². The van der Waals surface area contributed by atoms with Gasteiger partial charge in [-0.15, -0.1) is 0 Å². The molecule has 27 heavy (non-hydrogen) atoms. The Balaban J connectivity index is 1.98. The molecule has 0 saturated heterocycles. The average Bonchev–Trinajstić information content (AvgIpc) is 2.63. The number of benzene rings is 2. The number of alkyl halides is 3. The number of hydrogen-bond acceptors (Lipinski definition) is 5. The van der Waals surface area contributed by atoms with Crippen LogP contribution in [0.1, 0.15) is 16.7 Å². The van der Waals surface area contributed by atoms with Crippen LogP contribution in [0.3, 0.4) is 0 Å². The molecule has 0 radical (unpaired) electrons. The molecule has 0 saturated carbocycles. The number of para-hydroxylation sites is 1. The van der Waals surface area contributed by atoms with E-state index in [4.69, 9.17) is 5.26 Å². The zero-order chi connectivity index (χ0) is 19.4. The second-order valence-electron chi connectivity index (χ2n) is 5.73. The zero-order valence-corrected chi connectivity index (χ0v) is 14.2. The van der Waals surface area contributed by atoms with Crippen LogP contribution in [0, 0.1) is 18.3 Å². The summed E-state index contributed by atoms with van der Waals surface area (Å²) < 4.78 is 40.0. The van der Waals surface area contributed by atoms with Crippen molar-refractivity contribution in [2.75, 3.05) is 10.6 Å². The van der Waals surface area contributed by atoms with Crippen molar-refractivity contribution in [1.82, 2.24) is 9.97 Å². The number of nitriles is 1. The molecular weight excluding hydrogens is 355 g/mol. The van der Waals surface area contributed by atoms with E-state index in [0.29, 0.717) is 11.9 Å². The molecule has 0 unspecified atom stereocenters. The van der Waals surface area contributed by atoms with Crippen molar-refractivity contribution in [3.8, 4) is 6.07 Å². The highest BCUT2D eigenvalue weighted by Gasteiger charge is 2.35. The Labute approximate surface area is 153 Å². The molecule has 0 aliphatic heterocycles. The molecule has 0 fully saturated rings. The van der Waals surface area contributed by atoms with Gasteiger partial charge in [0.25, 0.3) is 0 Å². The summed E-state index contributed by atoms with van der Waals surface area (Å²) in [5.41, 5.74) is 1.10. The van der Waals surface area contributed by atoms with E-state index < -0.39 is 17.6 Å². The Morgan fingerprint density at radius 2 is 1.70 bits per heavy atom. The van der Waals surface area contributed by atoms with Gasteiger partial charge in [0, 0.05) is 11.9 Å². The molecule has 5 nitrogen and oxygen atoms in total. The van der Waals surface area contributed by atoms with Gasteiger partial charge in [0.15, 0.2) is 0 Å². The van der Waals surface area contributed by atoms with Crippen LogP contribution in [0.4, 0.5) is 36.3 Å². The summed E-state index contributed by atoms with van der Waals surface area (Å²) >= 11 is 0. The van der Waals surface area contributed by atoms with Crippen molar-refractivity contribution in [2.45, 2.75) is 13.1 Å². The fourth-order valence-corrected chi connectivity index (χ4v) is 2.33. The first-order valence-electron chi connectivity index (χ1n) is 7.91. The van der Waals surface area contributed by atoms with Gasteiger partial charge < -0.3 is 10.6 Å². The Morgan fingerprint density at radius 3 is 2.37 bits per heavy atom. The van der Waals surface area contributed by atoms with Gasteiger partial charge in [-0.1, -0.05) is 29.8 Å². The van der Waals surface area contributed by atoms with Crippen LogP contribution >= 0.6 is 0 Å². The minimum Gasteiger partial charge on any atom is -0.338 e. The normalized spacial score (nSPS) is 10.9. The lowest BCUT2D eigenvalue weighted by Crippen LogP contribution is -2.13. The fourth-order valence-electron chi connectivity index (χ4n) is 2.33. The Kier molecular flexibility index (Phi) is 4.94. The maximum atomic E-state index is 13.3. The third-order valence-electron chi connectivity index (χ3n) is 3.70. The predicted molar refractivity (Wildman–Crippen MR) is 95.9 cm³/mol. The van der Waals surface area contributed by atoms with Gasteiger partial charge in [-0.05, 0) is 31.2 Å². The zero-order valence-electron chi connectivity index (χ0n) is 14.2. The summed E-state index contributed by atoms with van der Waals surface area (Å²) in [6.07, 6.45) is -3.94. The topological polar surface area (TPSA) is 73.6 Å². The maximum absolute atomic E-state index is 13.3.